The van der Waals surface area contributed by atoms with Crippen LogP contribution in [0.5, 0.6) is 0 Å². The van der Waals surface area contributed by atoms with Gasteiger partial charge in [0.25, 0.3) is 0 Å². The largest absolute Gasteiger partial charge is 0.416 e. The molecule has 0 aliphatic carbocycles. The predicted molar refractivity (Wildman–Crippen MR) is 77.0 cm³/mol. The maximum atomic E-state index is 12.6. The molecule has 2 heterocycles. The molecule has 0 aliphatic rings. The van der Waals surface area contributed by atoms with E-state index in [2.05, 4.69) is 15.2 Å². The molecule has 3 rings (SSSR count). The summed E-state index contributed by atoms with van der Waals surface area (Å²) in [6.45, 7) is 1.85. The molecule has 3 aromatic rings. The molecular weight excluding hydrogens is 291 g/mol. The van der Waals surface area contributed by atoms with Gasteiger partial charge in [-0.2, -0.15) is 18.3 Å². The Morgan fingerprint density at radius 1 is 0.909 bits per heavy atom. The minimum atomic E-state index is -4.34. The van der Waals surface area contributed by atoms with Crippen LogP contribution in [-0.4, -0.2) is 15.2 Å². The van der Waals surface area contributed by atoms with Crippen LogP contribution in [0, 0.1) is 6.92 Å². The van der Waals surface area contributed by atoms with Crippen molar-refractivity contribution in [3.63, 3.8) is 0 Å². The first-order valence-corrected chi connectivity index (χ1v) is 6.60. The topological polar surface area (TPSA) is 41.6 Å². The number of hydrogen-bond acceptors (Lipinski definition) is 2. The van der Waals surface area contributed by atoms with Crippen molar-refractivity contribution in [2.24, 2.45) is 0 Å². The van der Waals surface area contributed by atoms with E-state index in [9.17, 15) is 13.2 Å². The molecule has 0 fully saturated rings. The quantitative estimate of drug-likeness (QED) is 0.759. The molecule has 112 valence electrons. The van der Waals surface area contributed by atoms with Crippen LogP contribution in [0.3, 0.4) is 0 Å². The van der Waals surface area contributed by atoms with Gasteiger partial charge in [-0.3, -0.25) is 10.1 Å². The standard InChI is InChI=1S/C16H12F3N3/c1-10-14(11-6-8-20-9-7-11)15(22-21-10)12-2-4-13(5-3-12)16(17,18)19/h2-9H,1H3,(H,21,22). The lowest BCUT2D eigenvalue weighted by Gasteiger charge is -2.08. The summed E-state index contributed by atoms with van der Waals surface area (Å²) in [5.41, 5.74) is 3.23. The Labute approximate surface area is 124 Å². The number of alkyl halides is 3. The molecule has 1 N–H and O–H groups in total. The molecule has 0 amide bonds. The predicted octanol–water partition coefficient (Wildman–Crippen LogP) is 4.47. The van der Waals surface area contributed by atoms with Crippen molar-refractivity contribution in [3.05, 3.63) is 60.0 Å². The maximum absolute atomic E-state index is 12.6. The van der Waals surface area contributed by atoms with Crippen molar-refractivity contribution < 1.29 is 13.2 Å². The summed E-state index contributed by atoms with van der Waals surface area (Å²) in [4.78, 5) is 3.97. The number of aromatic nitrogens is 3. The number of pyridine rings is 1. The summed E-state index contributed by atoms with van der Waals surface area (Å²) in [7, 11) is 0. The van der Waals surface area contributed by atoms with Crippen molar-refractivity contribution >= 4 is 0 Å². The summed E-state index contributed by atoms with van der Waals surface area (Å²) < 4.78 is 37.9. The fourth-order valence-corrected chi connectivity index (χ4v) is 2.34. The van der Waals surface area contributed by atoms with Gasteiger partial charge in [-0.25, -0.2) is 0 Å². The Bertz CT molecular complexity index is 775. The lowest BCUT2D eigenvalue weighted by molar-refractivity contribution is -0.137. The highest BCUT2D eigenvalue weighted by atomic mass is 19.4. The van der Waals surface area contributed by atoms with Crippen LogP contribution in [0.4, 0.5) is 13.2 Å². The van der Waals surface area contributed by atoms with Gasteiger partial charge in [-0.1, -0.05) is 12.1 Å². The van der Waals surface area contributed by atoms with E-state index in [-0.39, 0.29) is 0 Å². The molecule has 0 spiro atoms. The highest BCUT2D eigenvalue weighted by Crippen LogP contribution is 2.35. The van der Waals surface area contributed by atoms with E-state index in [1.54, 1.807) is 12.4 Å². The number of aryl methyl sites for hydroxylation is 1. The van der Waals surface area contributed by atoms with E-state index in [4.69, 9.17) is 0 Å². The van der Waals surface area contributed by atoms with Crippen molar-refractivity contribution in [2.75, 3.05) is 0 Å². The summed E-state index contributed by atoms with van der Waals surface area (Å²) in [6.07, 6.45) is -1.01. The summed E-state index contributed by atoms with van der Waals surface area (Å²) in [5, 5.41) is 7.07. The summed E-state index contributed by atoms with van der Waals surface area (Å²) >= 11 is 0. The molecule has 2 aromatic heterocycles. The van der Waals surface area contributed by atoms with Gasteiger partial charge in [0.2, 0.25) is 0 Å². The van der Waals surface area contributed by atoms with Crippen molar-refractivity contribution in [1.82, 2.24) is 15.2 Å². The molecule has 22 heavy (non-hydrogen) atoms. The van der Waals surface area contributed by atoms with Gasteiger partial charge in [0.05, 0.1) is 17.0 Å². The third kappa shape index (κ3) is 2.59. The Hall–Kier alpha value is -2.63. The zero-order chi connectivity index (χ0) is 15.7. The number of H-pyrrole nitrogens is 1. The average Bonchev–Trinajstić information content (AvgIpc) is 2.89. The number of benzene rings is 1. The molecule has 3 nitrogen and oxygen atoms in total. The van der Waals surface area contributed by atoms with Crippen LogP contribution < -0.4 is 0 Å². The van der Waals surface area contributed by atoms with E-state index < -0.39 is 11.7 Å². The van der Waals surface area contributed by atoms with Gasteiger partial charge in [-0.05, 0) is 36.8 Å². The zero-order valence-corrected chi connectivity index (χ0v) is 11.6. The highest BCUT2D eigenvalue weighted by molar-refractivity contribution is 5.82. The minimum absolute atomic E-state index is 0.653. The van der Waals surface area contributed by atoms with Gasteiger partial charge >= 0.3 is 6.18 Å². The van der Waals surface area contributed by atoms with Crippen LogP contribution in [-0.2, 0) is 6.18 Å². The second kappa shape index (κ2) is 5.29. The summed E-state index contributed by atoms with van der Waals surface area (Å²) in [6, 6.07) is 8.71. The number of rotatable bonds is 2. The lowest BCUT2D eigenvalue weighted by atomic mass is 9.99. The van der Waals surface area contributed by atoms with E-state index >= 15 is 0 Å². The maximum Gasteiger partial charge on any atom is 0.416 e. The Morgan fingerprint density at radius 2 is 1.55 bits per heavy atom. The molecule has 1 aromatic carbocycles. The van der Waals surface area contributed by atoms with Crippen LogP contribution >= 0.6 is 0 Å². The first-order valence-electron chi connectivity index (χ1n) is 6.60. The third-order valence-electron chi connectivity index (χ3n) is 3.42. The second-order valence-electron chi connectivity index (χ2n) is 4.87. The fourth-order valence-electron chi connectivity index (χ4n) is 2.34. The monoisotopic (exact) mass is 303 g/mol. The van der Waals surface area contributed by atoms with E-state index in [1.807, 2.05) is 19.1 Å². The summed E-state index contributed by atoms with van der Waals surface area (Å²) in [5.74, 6) is 0. The first-order chi connectivity index (χ1) is 10.5. The average molecular weight is 303 g/mol. The third-order valence-corrected chi connectivity index (χ3v) is 3.42. The molecule has 6 heteroatoms. The molecule has 0 saturated carbocycles. The Morgan fingerprint density at radius 3 is 2.14 bits per heavy atom. The van der Waals surface area contributed by atoms with Crippen LogP contribution in [0.25, 0.3) is 22.4 Å². The van der Waals surface area contributed by atoms with Crippen molar-refractivity contribution in [3.8, 4) is 22.4 Å². The lowest BCUT2D eigenvalue weighted by Crippen LogP contribution is -2.04. The zero-order valence-electron chi connectivity index (χ0n) is 11.6. The fraction of sp³-hybridized carbons (Fsp3) is 0.125. The van der Waals surface area contributed by atoms with E-state index in [0.29, 0.717) is 11.3 Å². The molecule has 0 radical (unpaired) electrons. The second-order valence-corrected chi connectivity index (χ2v) is 4.87. The first kappa shape index (κ1) is 14.3. The molecule has 0 atom stereocenters. The van der Waals surface area contributed by atoms with Gasteiger partial charge in [0.1, 0.15) is 0 Å². The van der Waals surface area contributed by atoms with Gasteiger partial charge < -0.3 is 0 Å². The van der Waals surface area contributed by atoms with E-state index in [0.717, 1.165) is 29.0 Å². The molecule has 0 unspecified atom stereocenters. The van der Waals surface area contributed by atoms with Crippen molar-refractivity contribution in [2.45, 2.75) is 13.1 Å². The molecule has 0 aliphatic heterocycles. The minimum Gasteiger partial charge on any atom is -0.277 e. The highest BCUT2D eigenvalue weighted by Gasteiger charge is 2.30. The van der Waals surface area contributed by atoms with Gasteiger partial charge in [0, 0.05) is 23.5 Å². The Balaban J connectivity index is 2.07. The molecule has 0 saturated heterocycles. The number of halogens is 3. The van der Waals surface area contributed by atoms with E-state index in [1.165, 1.54) is 12.1 Å². The normalized spacial score (nSPS) is 11.6. The van der Waals surface area contributed by atoms with Crippen molar-refractivity contribution in [1.29, 1.82) is 0 Å². The van der Waals surface area contributed by atoms with Gasteiger partial charge in [-0.15, -0.1) is 0 Å². The number of nitrogens with zero attached hydrogens (tertiary/aromatic N) is 2. The molecular formula is C16H12F3N3. The Kier molecular flexibility index (Phi) is 3.44. The number of nitrogens with one attached hydrogen (secondary N) is 1. The van der Waals surface area contributed by atoms with Crippen LogP contribution in [0.1, 0.15) is 11.3 Å². The van der Waals surface area contributed by atoms with Gasteiger partial charge in [0.15, 0.2) is 0 Å². The smallest absolute Gasteiger partial charge is 0.277 e. The van der Waals surface area contributed by atoms with Crippen LogP contribution in [0.15, 0.2) is 48.8 Å². The number of hydrogen-bond donors (Lipinski definition) is 1. The van der Waals surface area contributed by atoms with Crippen LogP contribution in [0.2, 0.25) is 0 Å². The SMILES string of the molecule is Cc1n[nH]c(-c2ccc(C(F)(F)F)cc2)c1-c1ccncc1. The number of aromatic amines is 1. The molecule has 0 bridgehead atoms.